The maximum atomic E-state index is 12.1. The number of carboxylic acid groups (broad SMARTS) is 1. The standard InChI is InChI=1S/C12H18N2O3S/c1-4-10(11(15)16)14(3)12(17)13(2)7-9-5-6-18-8-9/h5-6,8,10H,4,7H2,1-3H3,(H,15,16). The Morgan fingerprint density at radius 3 is 2.56 bits per heavy atom. The predicted octanol–water partition coefficient (Wildman–Crippen LogP) is 2.09. The maximum absolute atomic E-state index is 12.1. The molecule has 6 heteroatoms. The first kappa shape index (κ1) is 14.5. The van der Waals surface area contributed by atoms with Crippen molar-refractivity contribution in [1.82, 2.24) is 9.80 Å². The largest absolute Gasteiger partial charge is 0.480 e. The van der Waals surface area contributed by atoms with E-state index in [-0.39, 0.29) is 6.03 Å². The van der Waals surface area contributed by atoms with Crippen molar-refractivity contribution in [2.75, 3.05) is 14.1 Å². The van der Waals surface area contributed by atoms with E-state index in [1.807, 2.05) is 16.8 Å². The van der Waals surface area contributed by atoms with Gasteiger partial charge in [-0.05, 0) is 28.8 Å². The van der Waals surface area contributed by atoms with Gasteiger partial charge in [0.05, 0.1) is 0 Å². The van der Waals surface area contributed by atoms with Crippen LogP contribution in [0.15, 0.2) is 16.8 Å². The molecule has 0 aliphatic rings. The minimum Gasteiger partial charge on any atom is -0.480 e. The van der Waals surface area contributed by atoms with Gasteiger partial charge in [-0.2, -0.15) is 11.3 Å². The van der Waals surface area contributed by atoms with Crippen LogP contribution in [0.1, 0.15) is 18.9 Å². The molecule has 0 aliphatic carbocycles. The summed E-state index contributed by atoms with van der Waals surface area (Å²) in [5.41, 5.74) is 1.05. The molecule has 0 spiro atoms. The third-order valence-corrected chi connectivity index (χ3v) is 3.50. The highest BCUT2D eigenvalue weighted by molar-refractivity contribution is 7.07. The molecule has 0 aromatic carbocycles. The summed E-state index contributed by atoms with van der Waals surface area (Å²) in [5, 5.41) is 12.9. The van der Waals surface area contributed by atoms with Crippen molar-refractivity contribution in [1.29, 1.82) is 0 Å². The summed E-state index contributed by atoms with van der Waals surface area (Å²) in [7, 11) is 3.19. The molecule has 1 N–H and O–H groups in total. The van der Waals surface area contributed by atoms with Gasteiger partial charge in [-0.3, -0.25) is 0 Å². The lowest BCUT2D eigenvalue weighted by Crippen LogP contribution is -2.47. The highest BCUT2D eigenvalue weighted by Crippen LogP contribution is 2.11. The van der Waals surface area contributed by atoms with Crippen molar-refractivity contribution in [3.8, 4) is 0 Å². The zero-order valence-corrected chi connectivity index (χ0v) is 11.6. The molecular weight excluding hydrogens is 252 g/mol. The summed E-state index contributed by atoms with van der Waals surface area (Å²) in [5.74, 6) is -0.975. The van der Waals surface area contributed by atoms with Crippen molar-refractivity contribution in [3.63, 3.8) is 0 Å². The highest BCUT2D eigenvalue weighted by Gasteiger charge is 2.26. The van der Waals surface area contributed by atoms with Crippen LogP contribution in [0, 0.1) is 0 Å². The van der Waals surface area contributed by atoms with E-state index in [4.69, 9.17) is 5.11 Å². The molecule has 18 heavy (non-hydrogen) atoms. The molecule has 0 radical (unpaired) electrons. The van der Waals surface area contributed by atoms with Crippen LogP contribution >= 0.6 is 11.3 Å². The Kier molecular flexibility index (Phi) is 5.15. The zero-order valence-electron chi connectivity index (χ0n) is 10.8. The fraction of sp³-hybridized carbons (Fsp3) is 0.500. The van der Waals surface area contributed by atoms with Crippen molar-refractivity contribution in [2.24, 2.45) is 0 Å². The van der Waals surface area contributed by atoms with E-state index < -0.39 is 12.0 Å². The number of rotatable bonds is 5. The van der Waals surface area contributed by atoms with Crippen molar-refractivity contribution in [2.45, 2.75) is 25.9 Å². The molecule has 0 saturated heterocycles. The van der Waals surface area contributed by atoms with Crippen molar-refractivity contribution < 1.29 is 14.7 Å². The SMILES string of the molecule is CCC(C(=O)O)N(C)C(=O)N(C)Cc1ccsc1. The number of likely N-dealkylation sites (N-methyl/N-ethyl adjacent to an activating group) is 1. The van der Waals surface area contributed by atoms with E-state index in [0.29, 0.717) is 13.0 Å². The molecule has 1 rings (SSSR count). The molecule has 0 bridgehead atoms. The molecule has 1 aromatic heterocycles. The fourth-order valence-electron chi connectivity index (χ4n) is 1.74. The molecule has 1 atom stereocenters. The molecule has 1 heterocycles. The molecule has 2 amide bonds. The van der Waals surface area contributed by atoms with E-state index in [0.717, 1.165) is 5.56 Å². The van der Waals surface area contributed by atoms with Crippen LogP contribution in [0.2, 0.25) is 0 Å². The summed E-state index contributed by atoms with van der Waals surface area (Å²) in [4.78, 5) is 25.9. The molecule has 5 nitrogen and oxygen atoms in total. The van der Waals surface area contributed by atoms with Crippen molar-refractivity contribution in [3.05, 3.63) is 22.4 Å². The summed E-state index contributed by atoms with van der Waals surface area (Å²) in [6, 6.07) is 0.890. The Labute approximate surface area is 111 Å². The second-order valence-electron chi connectivity index (χ2n) is 4.14. The summed E-state index contributed by atoms with van der Waals surface area (Å²) in [6.07, 6.45) is 0.393. The molecule has 0 fully saturated rings. The minimum absolute atomic E-state index is 0.282. The Balaban J connectivity index is 2.65. The number of carboxylic acids is 1. The number of hydrogen-bond acceptors (Lipinski definition) is 3. The van der Waals surface area contributed by atoms with Crippen LogP contribution in [-0.4, -0.2) is 47.0 Å². The molecule has 1 aromatic rings. The fourth-order valence-corrected chi connectivity index (χ4v) is 2.40. The summed E-state index contributed by atoms with van der Waals surface area (Å²) < 4.78 is 0. The normalized spacial score (nSPS) is 11.9. The van der Waals surface area contributed by atoms with Crippen LogP contribution in [0.3, 0.4) is 0 Å². The Morgan fingerprint density at radius 2 is 2.11 bits per heavy atom. The van der Waals surface area contributed by atoms with E-state index in [9.17, 15) is 9.59 Å². The predicted molar refractivity (Wildman–Crippen MR) is 70.7 cm³/mol. The van der Waals surface area contributed by atoms with Crippen LogP contribution in [0.25, 0.3) is 0 Å². The average Bonchev–Trinajstić information content (AvgIpc) is 2.80. The van der Waals surface area contributed by atoms with Gasteiger partial charge in [-0.25, -0.2) is 9.59 Å². The van der Waals surface area contributed by atoms with Gasteiger partial charge >= 0.3 is 12.0 Å². The lowest BCUT2D eigenvalue weighted by atomic mass is 10.2. The smallest absolute Gasteiger partial charge is 0.326 e. The van der Waals surface area contributed by atoms with Gasteiger partial charge in [-0.1, -0.05) is 6.92 Å². The van der Waals surface area contributed by atoms with Gasteiger partial charge < -0.3 is 14.9 Å². The van der Waals surface area contributed by atoms with E-state index in [1.165, 1.54) is 16.8 Å². The number of carbonyl (C=O) groups is 2. The van der Waals surface area contributed by atoms with Gasteiger partial charge in [0, 0.05) is 20.6 Å². The minimum atomic E-state index is -0.975. The lowest BCUT2D eigenvalue weighted by molar-refractivity contribution is -0.142. The van der Waals surface area contributed by atoms with E-state index in [2.05, 4.69) is 0 Å². The summed E-state index contributed by atoms with van der Waals surface area (Å²) >= 11 is 1.57. The van der Waals surface area contributed by atoms with E-state index >= 15 is 0 Å². The monoisotopic (exact) mass is 270 g/mol. The third kappa shape index (κ3) is 3.46. The first-order valence-corrected chi connectivity index (χ1v) is 6.63. The van der Waals surface area contributed by atoms with E-state index in [1.54, 1.807) is 25.3 Å². The Morgan fingerprint density at radius 1 is 1.44 bits per heavy atom. The second-order valence-corrected chi connectivity index (χ2v) is 4.92. The number of amides is 2. The second kappa shape index (κ2) is 6.39. The number of aliphatic carboxylic acids is 1. The van der Waals surface area contributed by atoms with Gasteiger partial charge in [0.2, 0.25) is 0 Å². The maximum Gasteiger partial charge on any atom is 0.326 e. The summed E-state index contributed by atoms with van der Waals surface area (Å²) in [6.45, 7) is 2.24. The Bertz CT molecular complexity index is 405. The van der Waals surface area contributed by atoms with Crippen LogP contribution < -0.4 is 0 Å². The Hall–Kier alpha value is -1.56. The number of carbonyl (C=O) groups excluding carboxylic acids is 1. The zero-order chi connectivity index (χ0) is 13.7. The van der Waals surface area contributed by atoms with Gasteiger partial charge in [0.1, 0.15) is 6.04 Å². The molecule has 1 unspecified atom stereocenters. The van der Waals surface area contributed by atoms with Gasteiger partial charge in [0.15, 0.2) is 0 Å². The average molecular weight is 270 g/mol. The molecule has 100 valence electrons. The number of hydrogen-bond donors (Lipinski definition) is 1. The first-order valence-electron chi connectivity index (χ1n) is 5.69. The van der Waals surface area contributed by atoms with Crippen LogP contribution in [0.4, 0.5) is 4.79 Å². The molecule has 0 aliphatic heterocycles. The van der Waals surface area contributed by atoms with Crippen LogP contribution in [-0.2, 0) is 11.3 Å². The topological polar surface area (TPSA) is 60.9 Å². The third-order valence-electron chi connectivity index (χ3n) is 2.77. The van der Waals surface area contributed by atoms with Gasteiger partial charge in [0.25, 0.3) is 0 Å². The highest BCUT2D eigenvalue weighted by atomic mass is 32.1. The van der Waals surface area contributed by atoms with Crippen molar-refractivity contribution >= 4 is 23.3 Å². The van der Waals surface area contributed by atoms with Gasteiger partial charge in [-0.15, -0.1) is 0 Å². The number of thiophene rings is 1. The van der Waals surface area contributed by atoms with Crippen LogP contribution in [0.5, 0.6) is 0 Å². The lowest BCUT2D eigenvalue weighted by Gasteiger charge is -2.28. The quantitative estimate of drug-likeness (QED) is 0.891. The molecular formula is C12H18N2O3S. The molecule has 0 saturated carbocycles. The first-order chi connectivity index (χ1) is 8.47. The number of nitrogens with zero attached hydrogens (tertiary/aromatic N) is 2. The number of urea groups is 1.